The van der Waals surface area contributed by atoms with E-state index in [0.29, 0.717) is 31.4 Å². The minimum absolute atomic E-state index is 0. The third-order valence-electron chi connectivity index (χ3n) is 2.99. The van der Waals surface area contributed by atoms with Crippen molar-refractivity contribution in [2.45, 2.75) is 26.8 Å². The summed E-state index contributed by atoms with van der Waals surface area (Å²) in [6, 6.07) is 0.307. The lowest BCUT2D eigenvalue weighted by Crippen LogP contribution is -3.00. The van der Waals surface area contributed by atoms with Crippen LogP contribution in [-0.2, 0) is 13.0 Å². The summed E-state index contributed by atoms with van der Waals surface area (Å²) in [6.45, 7) is 5.21. The highest BCUT2D eigenvalue weighted by atomic mass is 35.5. The molecule has 0 atom stereocenters. The average Bonchev–Trinajstić information content (AvgIpc) is 2.76. The molecule has 2 aromatic rings. The SMILES string of the molecule is CCOc1ncc(C[n+]2csc(CCO)c2C)c(N)n1.Cl.[Cl-]. The molecule has 0 radical (unpaired) electrons. The Balaban J connectivity index is 0.00000220. The Morgan fingerprint density at radius 1 is 1.45 bits per heavy atom. The van der Waals surface area contributed by atoms with Gasteiger partial charge in [-0.1, -0.05) is 11.3 Å². The lowest BCUT2D eigenvalue weighted by molar-refractivity contribution is -0.689. The van der Waals surface area contributed by atoms with E-state index in [1.165, 1.54) is 4.88 Å². The number of nitrogens with two attached hydrogens (primary N) is 1. The van der Waals surface area contributed by atoms with Gasteiger partial charge in [-0.25, -0.2) is 4.98 Å². The Hall–Kier alpha value is -1.15. The number of nitrogens with zero attached hydrogens (tertiary/aromatic N) is 3. The van der Waals surface area contributed by atoms with E-state index in [1.807, 2.05) is 19.4 Å². The van der Waals surface area contributed by atoms with Crippen LogP contribution in [-0.4, -0.2) is 28.3 Å². The van der Waals surface area contributed by atoms with E-state index in [9.17, 15) is 0 Å². The molecule has 2 heterocycles. The molecule has 0 unspecified atom stereocenters. The predicted octanol–water partition coefficient (Wildman–Crippen LogP) is -1.88. The van der Waals surface area contributed by atoms with Crippen molar-refractivity contribution in [3.05, 3.63) is 27.8 Å². The van der Waals surface area contributed by atoms with Gasteiger partial charge < -0.3 is 28.0 Å². The molecule has 6 nitrogen and oxygen atoms in total. The Morgan fingerprint density at radius 2 is 2.18 bits per heavy atom. The second-order valence-electron chi connectivity index (χ2n) is 4.33. The fourth-order valence-corrected chi connectivity index (χ4v) is 2.84. The van der Waals surface area contributed by atoms with E-state index >= 15 is 0 Å². The first-order valence-electron chi connectivity index (χ1n) is 6.47. The van der Waals surface area contributed by atoms with Gasteiger partial charge in [0.1, 0.15) is 5.82 Å². The first kappa shape index (κ1) is 20.9. The van der Waals surface area contributed by atoms with Gasteiger partial charge in [0.25, 0.3) is 0 Å². The van der Waals surface area contributed by atoms with Crippen molar-refractivity contribution in [2.75, 3.05) is 18.9 Å². The van der Waals surface area contributed by atoms with Gasteiger partial charge in [0, 0.05) is 26.1 Å². The molecule has 0 saturated heterocycles. The molecule has 2 rings (SSSR count). The summed E-state index contributed by atoms with van der Waals surface area (Å²) in [6.07, 6.45) is 2.38. The summed E-state index contributed by atoms with van der Waals surface area (Å²) in [5.41, 5.74) is 9.95. The third-order valence-corrected chi connectivity index (χ3v) is 4.13. The van der Waals surface area contributed by atoms with Gasteiger partial charge in [0.05, 0.1) is 17.0 Å². The third kappa shape index (κ3) is 4.95. The van der Waals surface area contributed by atoms with Crippen molar-refractivity contribution in [3.63, 3.8) is 0 Å². The van der Waals surface area contributed by atoms with E-state index in [0.717, 1.165) is 11.3 Å². The van der Waals surface area contributed by atoms with E-state index in [2.05, 4.69) is 14.5 Å². The van der Waals surface area contributed by atoms with Crippen molar-refractivity contribution in [3.8, 4) is 6.01 Å². The standard InChI is InChI=1S/C13H19N4O2S.2ClH/c1-3-19-13-15-6-10(12(14)16-13)7-17-8-20-11(4-5-18)9(17)2;;/h6,8,18H,3-5,7H2,1-2H3,(H2,14,15,16);2*1H/q+1;;/p-1. The number of aromatic nitrogens is 3. The molecule has 3 N–H and O–H groups in total. The highest BCUT2D eigenvalue weighted by molar-refractivity contribution is 7.09. The summed E-state index contributed by atoms with van der Waals surface area (Å²) < 4.78 is 7.31. The highest BCUT2D eigenvalue weighted by Gasteiger charge is 2.17. The maximum atomic E-state index is 9.01. The number of aliphatic hydroxyl groups is 1. The summed E-state index contributed by atoms with van der Waals surface area (Å²) >= 11 is 1.63. The summed E-state index contributed by atoms with van der Waals surface area (Å²) in [4.78, 5) is 9.44. The Kier molecular flexibility index (Phi) is 9.27. The normalized spacial score (nSPS) is 9.77. The number of ether oxygens (including phenoxy) is 1. The van der Waals surface area contributed by atoms with Crippen molar-refractivity contribution >= 4 is 29.6 Å². The molecule has 22 heavy (non-hydrogen) atoms. The number of rotatable bonds is 6. The summed E-state index contributed by atoms with van der Waals surface area (Å²) in [7, 11) is 0. The van der Waals surface area contributed by atoms with Crippen LogP contribution < -0.4 is 27.4 Å². The van der Waals surface area contributed by atoms with Crippen molar-refractivity contribution in [1.82, 2.24) is 9.97 Å². The molecule has 0 spiro atoms. The van der Waals surface area contributed by atoms with E-state index < -0.39 is 0 Å². The van der Waals surface area contributed by atoms with Crippen molar-refractivity contribution < 1.29 is 26.8 Å². The Bertz CT molecular complexity index is 595. The van der Waals surface area contributed by atoms with Crippen LogP contribution in [0.3, 0.4) is 0 Å². The Morgan fingerprint density at radius 3 is 2.77 bits per heavy atom. The summed E-state index contributed by atoms with van der Waals surface area (Å²) in [5.74, 6) is 0.435. The molecule has 0 amide bonds. The topological polar surface area (TPSA) is 85.1 Å². The fraction of sp³-hybridized carbons (Fsp3) is 0.462. The van der Waals surface area contributed by atoms with Gasteiger partial charge >= 0.3 is 6.01 Å². The molecular weight excluding hydrogens is 347 g/mol. The molecule has 0 aliphatic heterocycles. The number of thiazole rings is 1. The minimum Gasteiger partial charge on any atom is -1.00 e. The molecule has 0 aromatic carbocycles. The largest absolute Gasteiger partial charge is 1.00 e. The van der Waals surface area contributed by atoms with Crippen LogP contribution >= 0.6 is 23.7 Å². The van der Waals surface area contributed by atoms with Gasteiger partial charge in [-0.15, -0.1) is 12.4 Å². The van der Waals surface area contributed by atoms with Crippen LogP contribution in [0.5, 0.6) is 6.01 Å². The zero-order valence-electron chi connectivity index (χ0n) is 12.5. The molecule has 0 aliphatic carbocycles. The quantitative estimate of drug-likeness (QED) is 0.584. The van der Waals surface area contributed by atoms with Crippen molar-refractivity contribution in [1.29, 1.82) is 0 Å². The molecule has 0 aliphatic rings. The smallest absolute Gasteiger partial charge is 0.318 e. The average molecular weight is 367 g/mol. The molecule has 9 heteroatoms. The first-order chi connectivity index (χ1) is 9.65. The second kappa shape index (κ2) is 9.78. The van der Waals surface area contributed by atoms with E-state index in [1.54, 1.807) is 17.5 Å². The maximum absolute atomic E-state index is 9.01. The first-order valence-corrected chi connectivity index (χ1v) is 7.35. The maximum Gasteiger partial charge on any atom is 0.318 e. The number of hydrogen-bond acceptors (Lipinski definition) is 6. The number of halogens is 2. The van der Waals surface area contributed by atoms with Crippen LogP contribution in [0.1, 0.15) is 23.1 Å². The Labute approximate surface area is 146 Å². The minimum atomic E-state index is 0. The molecule has 2 aromatic heterocycles. The predicted molar refractivity (Wildman–Crippen MR) is 84.0 cm³/mol. The second-order valence-corrected chi connectivity index (χ2v) is 5.27. The van der Waals surface area contributed by atoms with Gasteiger partial charge in [0.15, 0.2) is 12.2 Å². The number of hydrogen-bond donors (Lipinski definition) is 2. The van der Waals surface area contributed by atoms with E-state index in [-0.39, 0.29) is 31.4 Å². The van der Waals surface area contributed by atoms with Gasteiger partial charge in [-0.2, -0.15) is 9.55 Å². The van der Waals surface area contributed by atoms with Crippen LogP contribution in [0.2, 0.25) is 0 Å². The molecular formula is C13H20Cl2N4O2S. The molecule has 124 valence electrons. The van der Waals surface area contributed by atoms with Crippen LogP contribution in [0.15, 0.2) is 11.7 Å². The summed E-state index contributed by atoms with van der Waals surface area (Å²) in [5, 5.41) is 9.01. The molecule has 0 saturated carbocycles. The van der Waals surface area contributed by atoms with Crippen LogP contribution in [0.4, 0.5) is 5.82 Å². The zero-order chi connectivity index (χ0) is 14.5. The van der Waals surface area contributed by atoms with Gasteiger partial charge in [-0.05, 0) is 6.92 Å². The molecule has 0 bridgehead atoms. The lowest BCUT2D eigenvalue weighted by Gasteiger charge is -2.04. The number of nitrogen functional groups attached to an aromatic ring is 1. The number of anilines is 1. The highest BCUT2D eigenvalue weighted by Crippen LogP contribution is 2.15. The van der Waals surface area contributed by atoms with Crippen molar-refractivity contribution in [2.24, 2.45) is 0 Å². The van der Waals surface area contributed by atoms with Crippen LogP contribution in [0.25, 0.3) is 0 Å². The lowest BCUT2D eigenvalue weighted by atomic mass is 10.2. The fourth-order valence-electron chi connectivity index (χ4n) is 1.86. The molecule has 0 fully saturated rings. The number of aliphatic hydroxyl groups excluding tert-OH is 1. The zero-order valence-corrected chi connectivity index (χ0v) is 14.8. The van der Waals surface area contributed by atoms with E-state index in [4.69, 9.17) is 15.6 Å². The van der Waals surface area contributed by atoms with Crippen LogP contribution in [0, 0.1) is 6.92 Å². The van der Waals surface area contributed by atoms with Gasteiger partial charge in [0.2, 0.25) is 5.51 Å². The van der Waals surface area contributed by atoms with Gasteiger partial charge in [-0.3, -0.25) is 0 Å². The monoisotopic (exact) mass is 366 g/mol.